The first kappa shape index (κ1) is 15.0. The number of hydrogen-bond donors (Lipinski definition) is 2. The molecular weight excluding hydrogens is 274 g/mol. The van der Waals surface area contributed by atoms with Gasteiger partial charge in [-0.1, -0.05) is 20.8 Å². The van der Waals surface area contributed by atoms with Crippen LogP contribution >= 0.6 is 11.3 Å². The third kappa shape index (κ3) is 3.39. The van der Waals surface area contributed by atoms with E-state index in [-0.39, 0.29) is 11.3 Å². The van der Waals surface area contributed by atoms with Crippen molar-refractivity contribution in [1.29, 1.82) is 0 Å². The lowest BCUT2D eigenvalue weighted by atomic mass is 9.92. The van der Waals surface area contributed by atoms with Gasteiger partial charge in [0.15, 0.2) is 0 Å². The van der Waals surface area contributed by atoms with Gasteiger partial charge in [0, 0.05) is 11.3 Å². The van der Waals surface area contributed by atoms with E-state index >= 15 is 0 Å². The van der Waals surface area contributed by atoms with E-state index in [0.29, 0.717) is 17.0 Å². The van der Waals surface area contributed by atoms with Crippen LogP contribution in [-0.4, -0.2) is 17.0 Å². The van der Waals surface area contributed by atoms with Gasteiger partial charge in [0.25, 0.3) is 0 Å². The summed E-state index contributed by atoms with van der Waals surface area (Å²) < 4.78 is 0. The number of nitrogens with one attached hydrogen (secondary N) is 1. The molecule has 0 aliphatic heterocycles. The number of amides is 1. The normalized spacial score (nSPS) is 14.8. The van der Waals surface area contributed by atoms with Gasteiger partial charge in [-0.2, -0.15) is 0 Å². The second-order valence-corrected chi connectivity index (χ2v) is 7.61. The van der Waals surface area contributed by atoms with Crippen LogP contribution in [0.1, 0.15) is 60.8 Å². The van der Waals surface area contributed by atoms with Gasteiger partial charge in [-0.15, -0.1) is 11.3 Å². The highest BCUT2D eigenvalue weighted by Crippen LogP contribution is 2.38. The fourth-order valence-corrected chi connectivity index (χ4v) is 3.83. The SMILES string of the molecule is CC(C)(C)CC(=O)Nc1sc2c(c1C(=O)O)CCCC2. The van der Waals surface area contributed by atoms with Crippen LogP contribution < -0.4 is 5.32 Å². The van der Waals surface area contributed by atoms with E-state index in [4.69, 9.17) is 0 Å². The van der Waals surface area contributed by atoms with Gasteiger partial charge < -0.3 is 10.4 Å². The second kappa shape index (κ2) is 5.56. The molecule has 1 aliphatic rings. The van der Waals surface area contributed by atoms with Crippen molar-refractivity contribution in [2.75, 3.05) is 5.32 Å². The monoisotopic (exact) mass is 295 g/mol. The van der Waals surface area contributed by atoms with E-state index in [2.05, 4.69) is 5.32 Å². The summed E-state index contributed by atoms with van der Waals surface area (Å²) in [4.78, 5) is 24.6. The fourth-order valence-electron chi connectivity index (χ4n) is 2.53. The first-order valence-electron chi connectivity index (χ1n) is 6.95. The number of aromatic carboxylic acids is 1. The Labute approximate surface area is 123 Å². The topological polar surface area (TPSA) is 66.4 Å². The molecular formula is C15H21NO3S. The van der Waals surface area contributed by atoms with Crippen LogP contribution in [0.4, 0.5) is 5.00 Å². The van der Waals surface area contributed by atoms with Crippen molar-refractivity contribution < 1.29 is 14.7 Å². The Morgan fingerprint density at radius 3 is 2.50 bits per heavy atom. The number of rotatable bonds is 3. The number of aryl methyl sites for hydroxylation is 1. The summed E-state index contributed by atoms with van der Waals surface area (Å²) >= 11 is 1.43. The number of carboxylic acid groups (broad SMARTS) is 1. The van der Waals surface area contributed by atoms with Crippen molar-refractivity contribution >= 4 is 28.2 Å². The molecule has 4 nitrogen and oxygen atoms in total. The number of fused-ring (bicyclic) bond motifs is 1. The molecule has 1 aromatic rings. The zero-order chi connectivity index (χ0) is 14.9. The molecule has 0 spiro atoms. The van der Waals surface area contributed by atoms with Crippen molar-refractivity contribution in [3.05, 3.63) is 16.0 Å². The lowest BCUT2D eigenvalue weighted by Crippen LogP contribution is -2.20. The molecule has 0 saturated carbocycles. The van der Waals surface area contributed by atoms with E-state index in [9.17, 15) is 14.7 Å². The average molecular weight is 295 g/mol. The molecule has 0 unspecified atom stereocenters. The molecule has 0 atom stereocenters. The number of carboxylic acids is 1. The highest BCUT2D eigenvalue weighted by molar-refractivity contribution is 7.17. The number of hydrogen-bond acceptors (Lipinski definition) is 3. The lowest BCUT2D eigenvalue weighted by molar-refractivity contribution is -0.117. The maximum atomic E-state index is 12.0. The van der Waals surface area contributed by atoms with Crippen LogP contribution in [0.3, 0.4) is 0 Å². The van der Waals surface area contributed by atoms with Crippen molar-refractivity contribution in [1.82, 2.24) is 0 Å². The van der Waals surface area contributed by atoms with E-state index in [1.165, 1.54) is 11.3 Å². The Hall–Kier alpha value is -1.36. The molecule has 1 heterocycles. The Balaban J connectivity index is 2.25. The van der Waals surface area contributed by atoms with Crippen molar-refractivity contribution in [2.45, 2.75) is 52.9 Å². The molecule has 0 saturated heterocycles. The number of carbonyl (C=O) groups is 2. The van der Waals surface area contributed by atoms with E-state index in [0.717, 1.165) is 36.1 Å². The largest absolute Gasteiger partial charge is 0.478 e. The second-order valence-electron chi connectivity index (χ2n) is 6.51. The Bertz CT molecular complexity index is 540. The predicted molar refractivity (Wildman–Crippen MR) is 80.6 cm³/mol. The van der Waals surface area contributed by atoms with E-state index in [1.807, 2.05) is 20.8 Å². The molecule has 110 valence electrons. The van der Waals surface area contributed by atoms with Gasteiger partial charge in [-0.25, -0.2) is 4.79 Å². The fraction of sp³-hybridized carbons (Fsp3) is 0.600. The molecule has 0 radical (unpaired) electrons. The standard InChI is InChI=1S/C15H21NO3S/c1-15(2,3)8-11(17)16-13-12(14(18)19)9-6-4-5-7-10(9)20-13/h4-8H2,1-3H3,(H,16,17)(H,18,19). The first-order valence-corrected chi connectivity index (χ1v) is 7.77. The molecule has 1 amide bonds. The van der Waals surface area contributed by atoms with Gasteiger partial charge in [-0.05, 0) is 36.7 Å². The van der Waals surface area contributed by atoms with Crippen LogP contribution in [-0.2, 0) is 17.6 Å². The minimum atomic E-state index is -0.935. The summed E-state index contributed by atoms with van der Waals surface area (Å²) in [5.74, 6) is -1.05. The molecule has 20 heavy (non-hydrogen) atoms. The van der Waals surface area contributed by atoms with Crippen LogP contribution in [0.25, 0.3) is 0 Å². The molecule has 5 heteroatoms. The van der Waals surface area contributed by atoms with Crippen molar-refractivity contribution in [3.8, 4) is 0 Å². The van der Waals surface area contributed by atoms with Gasteiger partial charge in [-0.3, -0.25) is 4.79 Å². The van der Waals surface area contributed by atoms with Gasteiger partial charge in [0.05, 0.1) is 5.56 Å². The highest BCUT2D eigenvalue weighted by Gasteiger charge is 2.26. The zero-order valence-electron chi connectivity index (χ0n) is 12.2. The predicted octanol–water partition coefficient (Wildman–Crippen LogP) is 3.70. The van der Waals surface area contributed by atoms with Crippen LogP contribution in [0.2, 0.25) is 0 Å². The van der Waals surface area contributed by atoms with E-state index < -0.39 is 5.97 Å². The molecule has 0 aromatic carbocycles. The first-order chi connectivity index (χ1) is 9.28. The Morgan fingerprint density at radius 2 is 1.90 bits per heavy atom. The third-order valence-electron chi connectivity index (χ3n) is 3.33. The maximum absolute atomic E-state index is 12.0. The van der Waals surface area contributed by atoms with Crippen LogP contribution in [0.5, 0.6) is 0 Å². The molecule has 2 rings (SSSR count). The Kier molecular flexibility index (Phi) is 4.18. The Morgan fingerprint density at radius 1 is 1.25 bits per heavy atom. The quantitative estimate of drug-likeness (QED) is 0.893. The summed E-state index contributed by atoms with van der Waals surface area (Å²) in [6, 6.07) is 0. The number of carbonyl (C=O) groups excluding carboxylic acids is 1. The summed E-state index contributed by atoms with van der Waals surface area (Å²) in [5.41, 5.74) is 1.14. The summed E-state index contributed by atoms with van der Waals surface area (Å²) in [5, 5.41) is 12.7. The zero-order valence-corrected chi connectivity index (χ0v) is 13.0. The summed E-state index contributed by atoms with van der Waals surface area (Å²) in [7, 11) is 0. The lowest BCUT2D eigenvalue weighted by Gasteiger charge is -2.17. The van der Waals surface area contributed by atoms with Crippen LogP contribution in [0.15, 0.2) is 0 Å². The van der Waals surface area contributed by atoms with Gasteiger partial charge in [0.1, 0.15) is 5.00 Å². The molecule has 1 aromatic heterocycles. The highest BCUT2D eigenvalue weighted by atomic mass is 32.1. The third-order valence-corrected chi connectivity index (χ3v) is 4.54. The minimum Gasteiger partial charge on any atom is -0.478 e. The number of anilines is 1. The van der Waals surface area contributed by atoms with E-state index in [1.54, 1.807) is 0 Å². The van der Waals surface area contributed by atoms with Crippen LogP contribution in [0, 0.1) is 5.41 Å². The molecule has 2 N–H and O–H groups in total. The summed E-state index contributed by atoms with van der Waals surface area (Å²) in [6.45, 7) is 5.97. The number of thiophene rings is 1. The van der Waals surface area contributed by atoms with Gasteiger partial charge >= 0.3 is 5.97 Å². The molecule has 0 fully saturated rings. The average Bonchev–Trinajstić information content (AvgIpc) is 2.63. The smallest absolute Gasteiger partial charge is 0.339 e. The minimum absolute atomic E-state index is 0.107. The maximum Gasteiger partial charge on any atom is 0.339 e. The summed E-state index contributed by atoms with van der Waals surface area (Å²) in [6.07, 6.45) is 4.24. The van der Waals surface area contributed by atoms with Crippen molar-refractivity contribution in [2.24, 2.45) is 5.41 Å². The molecule has 0 bridgehead atoms. The van der Waals surface area contributed by atoms with Crippen molar-refractivity contribution in [3.63, 3.8) is 0 Å². The molecule has 1 aliphatic carbocycles. The van der Waals surface area contributed by atoms with Gasteiger partial charge in [0.2, 0.25) is 5.91 Å².